The summed E-state index contributed by atoms with van der Waals surface area (Å²) in [6, 6.07) is 0. The van der Waals surface area contributed by atoms with Crippen molar-refractivity contribution in [3.63, 3.8) is 0 Å². The average Bonchev–Trinajstić information content (AvgIpc) is 1.62. The molecule has 0 saturated carbocycles. The van der Waals surface area contributed by atoms with Gasteiger partial charge in [0.25, 0.3) is 0 Å². The van der Waals surface area contributed by atoms with Gasteiger partial charge in [0.2, 0.25) is 0 Å². The van der Waals surface area contributed by atoms with E-state index in [4.69, 9.17) is 0 Å². The molecule has 6 heteroatoms. The van der Waals surface area contributed by atoms with Crippen LogP contribution >= 0.6 is 79.6 Å². The molecule has 0 aromatic rings. The van der Waals surface area contributed by atoms with Gasteiger partial charge in [-0.25, -0.2) is 4.39 Å². The highest BCUT2D eigenvalue weighted by Crippen LogP contribution is 2.44. The van der Waals surface area contributed by atoms with Crippen LogP contribution in [0, 0.1) is 0 Å². The predicted molar refractivity (Wildman–Crippen MR) is 56.1 cm³/mol. The van der Waals surface area contributed by atoms with E-state index in [2.05, 4.69) is 79.6 Å². The molecule has 0 aromatic heterocycles. The van der Waals surface area contributed by atoms with Crippen molar-refractivity contribution in [3.05, 3.63) is 0 Å². The third kappa shape index (κ3) is 4.71. The fraction of sp³-hybridized carbons (Fsp3) is 1.00. The van der Waals surface area contributed by atoms with E-state index in [0.717, 1.165) is 0 Å². The summed E-state index contributed by atoms with van der Waals surface area (Å²) >= 11 is 15.4. The largest absolute Gasteiger partial charge is 0.234 e. The highest BCUT2D eigenvalue weighted by atomic mass is 80.0. The van der Waals surface area contributed by atoms with E-state index in [-0.39, 0.29) is 4.83 Å². The molecule has 2 atom stereocenters. The fourth-order valence-corrected chi connectivity index (χ4v) is 2.30. The normalized spacial score (nSPS) is 19.3. The Morgan fingerprint density at radius 3 is 1.44 bits per heavy atom. The van der Waals surface area contributed by atoms with Crippen LogP contribution in [0.4, 0.5) is 4.39 Å². The van der Waals surface area contributed by atoms with Gasteiger partial charge in [0.05, 0.1) is 4.83 Å². The van der Waals surface area contributed by atoms with Crippen LogP contribution < -0.4 is 0 Å². The molecule has 0 aliphatic heterocycles. The summed E-state index contributed by atoms with van der Waals surface area (Å²) in [5.41, 5.74) is 0. The van der Waals surface area contributed by atoms with Gasteiger partial charge >= 0.3 is 0 Å². The van der Waals surface area contributed by atoms with Crippen LogP contribution in [0.25, 0.3) is 0 Å². The van der Waals surface area contributed by atoms with Gasteiger partial charge in [-0.2, -0.15) is 0 Å². The quantitative estimate of drug-likeness (QED) is 0.517. The molecule has 0 amide bonds. The lowest BCUT2D eigenvalue weighted by Gasteiger charge is -2.19. The van der Waals surface area contributed by atoms with Gasteiger partial charge in [-0.3, -0.25) is 0 Å². The van der Waals surface area contributed by atoms with E-state index in [1.807, 2.05) is 0 Å². The van der Waals surface area contributed by atoms with Crippen LogP contribution in [-0.4, -0.2) is 12.1 Å². The number of halogens is 6. The maximum absolute atomic E-state index is 12.4. The summed E-state index contributed by atoms with van der Waals surface area (Å²) in [5.74, 6) is 0. The fourth-order valence-electron chi connectivity index (χ4n) is 0.143. The van der Waals surface area contributed by atoms with E-state index in [1.165, 1.54) is 0 Å². The van der Waals surface area contributed by atoms with Gasteiger partial charge in [0, 0.05) is 0 Å². The standard InChI is InChI=1S/C3H2Br5F/c4-1(2(5)9)3(6,7)8/h1-2H. The zero-order valence-corrected chi connectivity index (χ0v) is 11.9. The summed E-state index contributed by atoms with van der Waals surface area (Å²) < 4.78 is 11.8. The van der Waals surface area contributed by atoms with E-state index >= 15 is 0 Å². The number of hydrogen-bond acceptors (Lipinski definition) is 0. The Balaban J connectivity index is 3.88. The third-order valence-electron chi connectivity index (χ3n) is 0.534. The monoisotopic (exact) mass is 452 g/mol. The summed E-state index contributed by atoms with van der Waals surface area (Å²) in [6.07, 6.45) is 0. The van der Waals surface area contributed by atoms with Crippen molar-refractivity contribution in [1.29, 1.82) is 0 Å². The molecule has 0 heterocycles. The molecule has 0 bridgehead atoms. The van der Waals surface area contributed by atoms with Crippen LogP contribution in [0.15, 0.2) is 0 Å². The molecule has 0 fully saturated rings. The van der Waals surface area contributed by atoms with E-state index in [1.54, 1.807) is 0 Å². The second kappa shape index (κ2) is 4.38. The van der Waals surface area contributed by atoms with Crippen molar-refractivity contribution < 1.29 is 4.39 Å². The van der Waals surface area contributed by atoms with E-state index in [0.29, 0.717) is 0 Å². The molecule has 9 heavy (non-hydrogen) atoms. The first-order valence-corrected chi connectivity index (χ1v) is 6.05. The van der Waals surface area contributed by atoms with Crippen LogP contribution in [0.2, 0.25) is 0 Å². The van der Waals surface area contributed by atoms with Crippen molar-refractivity contribution in [2.45, 2.75) is 12.1 Å². The van der Waals surface area contributed by atoms with Crippen LogP contribution in [0.3, 0.4) is 0 Å². The molecule has 0 nitrogen and oxygen atoms in total. The van der Waals surface area contributed by atoms with Gasteiger partial charge in [-0.05, 0) is 0 Å². The highest BCUT2D eigenvalue weighted by Gasteiger charge is 2.33. The highest BCUT2D eigenvalue weighted by molar-refractivity contribution is 9.40. The SMILES string of the molecule is FC(Br)C(Br)C(Br)(Br)Br. The minimum atomic E-state index is -1.10. The van der Waals surface area contributed by atoms with Gasteiger partial charge in [0.1, 0.15) is 0 Å². The van der Waals surface area contributed by atoms with Crippen molar-refractivity contribution in [3.8, 4) is 0 Å². The first-order valence-electron chi connectivity index (χ1n) is 1.84. The minimum Gasteiger partial charge on any atom is -0.234 e. The van der Waals surface area contributed by atoms with E-state index in [9.17, 15) is 4.39 Å². The Bertz CT molecular complexity index is 86.7. The Hall–Kier alpha value is 2.33. The van der Waals surface area contributed by atoms with Gasteiger partial charge < -0.3 is 0 Å². The Morgan fingerprint density at radius 2 is 1.44 bits per heavy atom. The lowest BCUT2D eigenvalue weighted by Crippen LogP contribution is -2.23. The van der Waals surface area contributed by atoms with E-state index < -0.39 is 7.22 Å². The Kier molecular flexibility index (Phi) is 5.51. The molecule has 0 saturated heterocycles. The number of alkyl halides is 6. The van der Waals surface area contributed by atoms with Gasteiger partial charge in [0.15, 0.2) is 7.22 Å². The van der Waals surface area contributed by atoms with Gasteiger partial charge in [-0.15, -0.1) is 0 Å². The minimum absolute atomic E-state index is 0.370. The number of hydrogen-bond donors (Lipinski definition) is 0. The predicted octanol–water partition coefficient (Wildman–Crippen LogP) is 4.28. The van der Waals surface area contributed by atoms with Gasteiger partial charge in [-0.1, -0.05) is 79.6 Å². The summed E-state index contributed by atoms with van der Waals surface area (Å²) in [7, 11) is 0. The maximum Gasteiger partial charge on any atom is 0.170 e. The van der Waals surface area contributed by atoms with Crippen LogP contribution in [0.1, 0.15) is 0 Å². The molecule has 0 N–H and O–H groups in total. The summed E-state index contributed by atoms with van der Waals surface area (Å²) in [6.45, 7) is 0. The molecule has 56 valence electrons. The molecular formula is C3H2Br5F. The molecule has 0 rings (SSSR count). The molecule has 2 unspecified atom stereocenters. The summed E-state index contributed by atoms with van der Waals surface area (Å²) in [5, 5.41) is -1.10. The topological polar surface area (TPSA) is 0 Å². The molecular weight excluding hydrogens is 455 g/mol. The second-order valence-corrected chi connectivity index (χ2v) is 10.1. The van der Waals surface area contributed by atoms with Crippen molar-refractivity contribution in [2.24, 2.45) is 0 Å². The second-order valence-electron chi connectivity index (χ2n) is 1.28. The zero-order valence-electron chi connectivity index (χ0n) is 3.92. The zero-order chi connectivity index (χ0) is 7.65. The van der Waals surface area contributed by atoms with Crippen LogP contribution in [0.5, 0.6) is 0 Å². The maximum atomic E-state index is 12.4. The Labute approximate surface area is 95.0 Å². The average molecular weight is 457 g/mol. The molecule has 0 aromatic carbocycles. The molecule has 0 radical (unpaired) electrons. The molecule has 0 spiro atoms. The third-order valence-corrected chi connectivity index (χ3v) is 6.25. The molecule has 0 aliphatic carbocycles. The van der Waals surface area contributed by atoms with Crippen molar-refractivity contribution in [1.82, 2.24) is 0 Å². The first kappa shape index (κ1) is 11.3. The van der Waals surface area contributed by atoms with Crippen molar-refractivity contribution >= 4 is 79.6 Å². The summed E-state index contributed by atoms with van der Waals surface area (Å²) in [4.78, 5) is -0.370. The number of rotatable bonds is 1. The smallest absolute Gasteiger partial charge is 0.170 e. The lowest BCUT2D eigenvalue weighted by molar-refractivity contribution is 0.460. The lowest BCUT2D eigenvalue weighted by atomic mass is 10.5. The van der Waals surface area contributed by atoms with Crippen LogP contribution in [-0.2, 0) is 0 Å². The first-order chi connectivity index (χ1) is 3.85. The Morgan fingerprint density at radius 1 is 1.11 bits per heavy atom. The van der Waals surface area contributed by atoms with Crippen molar-refractivity contribution in [2.75, 3.05) is 0 Å². The molecule has 0 aliphatic rings.